The quantitative estimate of drug-likeness (QED) is 0.580. The molecule has 0 saturated carbocycles. The molecule has 10 heavy (non-hydrogen) atoms. The molecule has 54 valence electrons. The summed E-state index contributed by atoms with van der Waals surface area (Å²) < 4.78 is 12.4. The van der Waals surface area contributed by atoms with Gasteiger partial charge in [0, 0.05) is 0 Å². The Labute approximate surface area is 68.6 Å². The molecule has 0 spiro atoms. The Bertz CT molecular complexity index is 223. The zero-order chi connectivity index (χ0) is 7.56. The summed E-state index contributed by atoms with van der Waals surface area (Å²) >= 11 is 10.9. The van der Waals surface area contributed by atoms with Crippen molar-refractivity contribution >= 4 is 23.2 Å². The molecule has 0 nitrogen and oxygen atoms in total. The molecule has 0 aliphatic rings. The van der Waals surface area contributed by atoms with Crippen molar-refractivity contribution in [3.63, 3.8) is 0 Å². The lowest BCUT2D eigenvalue weighted by molar-refractivity contribution is 0.626. The van der Waals surface area contributed by atoms with Crippen LogP contribution in [0.15, 0.2) is 24.3 Å². The van der Waals surface area contributed by atoms with Crippen molar-refractivity contribution in [2.75, 3.05) is 0 Å². The average Bonchev–Trinajstić information content (AvgIpc) is 1.88. The number of benzene rings is 1. The molecule has 0 fully saturated rings. The number of halogens is 3. The molecule has 0 unspecified atom stereocenters. The number of rotatable bonds is 1. The summed E-state index contributed by atoms with van der Waals surface area (Å²) in [5.41, 5.74) is 0.586. The standard InChI is InChI=1S/C7H5Cl2F/c8-7(9)5-2-1-3-6(10)4-5/h1-4,7H. The van der Waals surface area contributed by atoms with Crippen LogP contribution in [-0.4, -0.2) is 0 Å². The molecule has 0 N–H and O–H groups in total. The smallest absolute Gasteiger partial charge is 0.132 e. The van der Waals surface area contributed by atoms with E-state index in [0.29, 0.717) is 5.56 Å². The van der Waals surface area contributed by atoms with Gasteiger partial charge in [-0.15, -0.1) is 23.2 Å². The van der Waals surface area contributed by atoms with Crippen molar-refractivity contribution in [2.24, 2.45) is 0 Å². The van der Waals surface area contributed by atoms with E-state index in [9.17, 15) is 4.39 Å². The van der Waals surface area contributed by atoms with Crippen LogP contribution in [0.25, 0.3) is 0 Å². The molecule has 0 radical (unpaired) electrons. The maximum atomic E-state index is 12.4. The summed E-state index contributed by atoms with van der Waals surface area (Å²) in [5.74, 6) is -0.316. The van der Waals surface area contributed by atoms with Gasteiger partial charge in [0.1, 0.15) is 10.7 Å². The molecule has 3 heteroatoms. The lowest BCUT2D eigenvalue weighted by atomic mass is 10.2. The highest BCUT2D eigenvalue weighted by molar-refractivity contribution is 6.44. The Morgan fingerprint density at radius 1 is 1.30 bits per heavy atom. The lowest BCUT2D eigenvalue weighted by Gasteiger charge is -1.98. The van der Waals surface area contributed by atoms with Crippen molar-refractivity contribution in [3.8, 4) is 0 Å². The topological polar surface area (TPSA) is 0 Å². The average molecular weight is 179 g/mol. The van der Waals surface area contributed by atoms with Gasteiger partial charge in [0.05, 0.1) is 0 Å². The normalized spacial score (nSPS) is 10.4. The second-order valence-electron chi connectivity index (χ2n) is 1.86. The molecule has 0 aliphatic heterocycles. The summed E-state index contributed by atoms with van der Waals surface area (Å²) in [6.45, 7) is 0. The largest absolute Gasteiger partial charge is 0.207 e. The van der Waals surface area contributed by atoms with Crippen LogP contribution in [0, 0.1) is 5.82 Å². The van der Waals surface area contributed by atoms with E-state index in [1.54, 1.807) is 12.1 Å². The molecular formula is C7H5Cl2F. The van der Waals surface area contributed by atoms with Crippen LogP contribution in [-0.2, 0) is 0 Å². The fraction of sp³-hybridized carbons (Fsp3) is 0.143. The molecule has 1 rings (SSSR count). The van der Waals surface area contributed by atoms with Crippen molar-refractivity contribution in [1.82, 2.24) is 0 Å². The zero-order valence-electron chi connectivity index (χ0n) is 5.02. The molecule has 0 saturated heterocycles. The van der Waals surface area contributed by atoms with E-state index in [-0.39, 0.29) is 5.82 Å². The van der Waals surface area contributed by atoms with Gasteiger partial charge in [0.15, 0.2) is 0 Å². The first-order valence-electron chi connectivity index (χ1n) is 2.74. The maximum Gasteiger partial charge on any atom is 0.132 e. The van der Waals surface area contributed by atoms with Crippen LogP contribution in [0.2, 0.25) is 0 Å². The minimum atomic E-state index is -0.643. The minimum Gasteiger partial charge on any atom is -0.207 e. The van der Waals surface area contributed by atoms with Crippen LogP contribution in [0.1, 0.15) is 10.4 Å². The van der Waals surface area contributed by atoms with Gasteiger partial charge in [-0.3, -0.25) is 0 Å². The molecule has 0 aromatic heterocycles. The number of hydrogen-bond acceptors (Lipinski definition) is 0. The lowest BCUT2D eigenvalue weighted by Crippen LogP contribution is -1.81. The Hall–Kier alpha value is -0.270. The van der Waals surface area contributed by atoms with E-state index in [2.05, 4.69) is 0 Å². The van der Waals surface area contributed by atoms with Gasteiger partial charge in [-0.05, 0) is 17.7 Å². The monoisotopic (exact) mass is 178 g/mol. The Kier molecular flexibility index (Phi) is 2.52. The molecule has 1 aromatic carbocycles. The highest BCUT2D eigenvalue weighted by Crippen LogP contribution is 2.24. The van der Waals surface area contributed by atoms with Crippen molar-refractivity contribution in [3.05, 3.63) is 35.6 Å². The third-order valence-electron chi connectivity index (χ3n) is 1.10. The molecule has 0 aliphatic carbocycles. The van der Waals surface area contributed by atoms with E-state index in [4.69, 9.17) is 23.2 Å². The molecule has 0 amide bonds. The van der Waals surface area contributed by atoms with E-state index in [1.807, 2.05) is 0 Å². The molecule has 0 atom stereocenters. The van der Waals surface area contributed by atoms with Crippen molar-refractivity contribution in [2.45, 2.75) is 4.84 Å². The highest BCUT2D eigenvalue weighted by Gasteiger charge is 2.02. The predicted octanol–water partition coefficient (Wildman–Crippen LogP) is 3.30. The van der Waals surface area contributed by atoms with Crippen LogP contribution in [0.3, 0.4) is 0 Å². The summed E-state index contributed by atoms with van der Waals surface area (Å²) in [5, 5.41) is 0. The van der Waals surface area contributed by atoms with Gasteiger partial charge >= 0.3 is 0 Å². The Balaban J connectivity index is 2.96. The molecule has 1 aromatic rings. The van der Waals surface area contributed by atoms with E-state index < -0.39 is 4.84 Å². The van der Waals surface area contributed by atoms with E-state index in [0.717, 1.165) is 0 Å². The summed E-state index contributed by atoms with van der Waals surface area (Å²) in [4.78, 5) is -0.643. The van der Waals surface area contributed by atoms with Crippen LogP contribution >= 0.6 is 23.2 Å². The second-order valence-corrected chi connectivity index (χ2v) is 2.95. The fourth-order valence-corrected chi connectivity index (χ4v) is 0.914. The second kappa shape index (κ2) is 3.22. The van der Waals surface area contributed by atoms with Gasteiger partial charge in [-0.2, -0.15) is 0 Å². The zero-order valence-corrected chi connectivity index (χ0v) is 6.53. The van der Waals surface area contributed by atoms with Gasteiger partial charge in [0.25, 0.3) is 0 Å². The first-order valence-corrected chi connectivity index (χ1v) is 3.61. The number of hydrogen-bond donors (Lipinski definition) is 0. The molecular weight excluding hydrogens is 174 g/mol. The Morgan fingerprint density at radius 3 is 2.40 bits per heavy atom. The van der Waals surface area contributed by atoms with Gasteiger partial charge in [-0.1, -0.05) is 12.1 Å². The SMILES string of the molecule is Fc1cccc(C(Cl)Cl)c1. The summed E-state index contributed by atoms with van der Waals surface area (Å²) in [6, 6.07) is 5.90. The fourth-order valence-electron chi connectivity index (χ4n) is 0.642. The number of alkyl halides is 2. The van der Waals surface area contributed by atoms with Crippen LogP contribution < -0.4 is 0 Å². The third-order valence-corrected chi connectivity index (χ3v) is 1.60. The Morgan fingerprint density at radius 2 is 2.00 bits per heavy atom. The predicted molar refractivity (Wildman–Crippen MR) is 40.8 cm³/mol. The first kappa shape index (κ1) is 7.83. The summed E-state index contributed by atoms with van der Waals surface area (Å²) in [7, 11) is 0. The highest BCUT2D eigenvalue weighted by atomic mass is 35.5. The van der Waals surface area contributed by atoms with Crippen molar-refractivity contribution < 1.29 is 4.39 Å². The minimum absolute atomic E-state index is 0.316. The van der Waals surface area contributed by atoms with Gasteiger partial charge < -0.3 is 0 Å². The van der Waals surface area contributed by atoms with E-state index >= 15 is 0 Å². The summed E-state index contributed by atoms with van der Waals surface area (Å²) in [6.07, 6.45) is 0. The van der Waals surface area contributed by atoms with Gasteiger partial charge in [0.2, 0.25) is 0 Å². The van der Waals surface area contributed by atoms with Crippen LogP contribution in [0.5, 0.6) is 0 Å². The molecule has 0 bridgehead atoms. The maximum absolute atomic E-state index is 12.4. The van der Waals surface area contributed by atoms with Gasteiger partial charge in [-0.25, -0.2) is 4.39 Å². The third kappa shape index (κ3) is 1.86. The van der Waals surface area contributed by atoms with Crippen molar-refractivity contribution in [1.29, 1.82) is 0 Å². The van der Waals surface area contributed by atoms with E-state index in [1.165, 1.54) is 12.1 Å². The first-order chi connectivity index (χ1) is 4.70. The molecule has 0 heterocycles. The van der Waals surface area contributed by atoms with Crippen LogP contribution in [0.4, 0.5) is 4.39 Å².